The van der Waals surface area contributed by atoms with E-state index in [0.29, 0.717) is 6.54 Å². The maximum Gasteiger partial charge on any atom is 0.315 e. The maximum absolute atomic E-state index is 12.2. The van der Waals surface area contributed by atoms with E-state index in [2.05, 4.69) is 15.6 Å². The zero-order valence-corrected chi connectivity index (χ0v) is 13.2. The van der Waals surface area contributed by atoms with Crippen LogP contribution in [-0.4, -0.2) is 28.8 Å². The second kappa shape index (κ2) is 7.42. The Balaban J connectivity index is 1.60. The van der Waals surface area contributed by atoms with Gasteiger partial charge in [0.1, 0.15) is 0 Å². The van der Waals surface area contributed by atoms with Gasteiger partial charge in [-0.25, -0.2) is 4.79 Å². The van der Waals surface area contributed by atoms with Crippen LogP contribution in [0.25, 0.3) is 10.9 Å². The predicted molar refractivity (Wildman–Crippen MR) is 89.9 cm³/mol. The molecule has 5 heteroatoms. The quantitative estimate of drug-likeness (QED) is 0.812. The number of amides is 2. The van der Waals surface area contributed by atoms with Gasteiger partial charge in [0, 0.05) is 36.7 Å². The second-order valence-corrected chi connectivity index (χ2v) is 6.15. The van der Waals surface area contributed by atoms with Gasteiger partial charge in [-0.1, -0.05) is 37.1 Å². The molecule has 1 aromatic carbocycles. The molecular weight excluding hydrogens is 290 g/mol. The molecule has 0 radical (unpaired) electrons. The van der Waals surface area contributed by atoms with Gasteiger partial charge in [0.2, 0.25) is 0 Å². The van der Waals surface area contributed by atoms with E-state index in [4.69, 9.17) is 0 Å². The maximum atomic E-state index is 12.2. The van der Waals surface area contributed by atoms with Crippen molar-refractivity contribution in [3.05, 3.63) is 42.1 Å². The van der Waals surface area contributed by atoms with Gasteiger partial charge in [0.05, 0.1) is 5.52 Å². The average molecular weight is 313 g/mol. The Kier molecular flexibility index (Phi) is 5.08. The highest BCUT2D eigenvalue weighted by Gasteiger charge is 2.25. The third kappa shape index (κ3) is 3.79. The highest BCUT2D eigenvalue weighted by atomic mass is 16.3. The van der Waals surface area contributed by atoms with Crippen molar-refractivity contribution in [2.45, 2.75) is 38.3 Å². The first-order valence-corrected chi connectivity index (χ1v) is 8.26. The summed E-state index contributed by atoms with van der Waals surface area (Å²) in [6.07, 6.45) is 5.92. The lowest BCUT2D eigenvalue weighted by atomic mass is 9.85. The first-order valence-electron chi connectivity index (χ1n) is 8.26. The topological polar surface area (TPSA) is 74.2 Å². The Morgan fingerprint density at radius 3 is 2.91 bits per heavy atom. The van der Waals surface area contributed by atoms with E-state index in [-0.39, 0.29) is 24.6 Å². The molecule has 0 bridgehead atoms. The smallest absolute Gasteiger partial charge is 0.315 e. The minimum atomic E-state index is -0.178. The minimum absolute atomic E-state index is 0.0689. The molecule has 0 spiro atoms. The van der Waals surface area contributed by atoms with Gasteiger partial charge >= 0.3 is 6.03 Å². The number of carbonyl (C=O) groups is 1. The van der Waals surface area contributed by atoms with E-state index < -0.39 is 0 Å². The average Bonchev–Trinajstić information content (AvgIpc) is 2.60. The number of aliphatic hydroxyl groups is 1. The number of carbonyl (C=O) groups excluding carboxylic acids is 1. The van der Waals surface area contributed by atoms with Crippen molar-refractivity contribution in [3.8, 4) is 0 Å². The molecule has 3 rings (SSSR count). The fourth-order valence-corrected chi connectivity index (χ4v) is 3.32. The Morgan fingerprint density at radius 2 is 2.04 bits per heavy atom. The lowest BCUT2D eigenvalue weighted by Gasteiger charge is -2.30. The molecule has 122 valence electrons. The third-order valence-electron chi connectivity index (χ3n) is 4.62. The first kappa shape index (κ1) is 15.7. The number of aromatic nitrogens is 1. The summed E-state index contributed by atoms with van der Waals surface area (Å²) < 4.78 is 0. The highest BCUT2D eigenvalue weighted by molar-refractivity contribution is 5.82. The van der Waals surface area contributed by atoms with E-state index >= 15 is 0 Å². The molecule has 2 amide bonds. The summed E-state index contributed by atoms with van der Waals surface area (Å²) in [6, 6.07) is 9.78. The minimum Gasteiger partial charge on any atom is -0.396 e. The molecule has 2 unspecified atom stereocenters. The van der Waals surface area contributed by atoms with Gasteiger partial charge < -0.3 is 15.7 Å². The summed E-state index contributed by atoms with van der Waals surface area (Å²) in [4.78, 5) is 16.6. The van der Waals surface area contributed by atoms with Crippen LogP contribution in [0.15, 0.2) is 36.5 Å². The highest BCUT2D eigenvalue weighted by Crippen LogP contribution is 2.23. The van der Waals surface area contributed by atoms with Crippen molar-refractivity contribution in [1.29, 1.82) is 0 Å². The van der Waals surface area contributed by atoms with Crippen LogP contribution in [0.4, 0.5) is 4.79 Å². The van der Waals surface area contributed by atoms with Crippen LogP contribution >= 0.6 is 0 Å². The molecule has 1 saturated carbocycles. The van der Waals surface area contributed by atoms with Crippen LogP contribution in [0, 0.1) is 5.92 Å². The summed E-state index contributed by atoms with van der Waals surface area (Å²) in [5, 5.41) is 16.4. The van der Waals surface area contributed by atoms with Crippen LogP contribution in [0.3, 0.4) is 0 Å². The number of hydrogen-bond acceptors (Lipinski definition) is 3. The Bertz CT molecular complexity index is 669. The zero-order valence-electron chi connectivity index (χ0n) is 13.2. The van der Waals surface area contributed by atoms with E-state index in [9.17, 15) is 9.90 Å². The van der Waals surface area contributed by atoms with Gasteiger partial charge in [-0.15, -0.1) is 0 Å². The summed E-state index contributed by atoms with van der Waals surface area (Å²) in [5.41, 5.74) is 1.92. The number of aliphatic hydroxyl groups excluding tert-OH is 1. The molecule has 23 heavy (non-hydrogen) atoms. The Morgan fingerprint density at radius 1 is 1.22 bits per heavy atom. The van der Waals surface area contributed by atoms with Crippen molar-refractivity contribution in [1.82, 2.24) is 15.6 Å². The number of hydrogen-bond donors (Lipinski definition) is 3. The second-order valence-electron chi connectivity index (χ2n) is 6.15. The number of rotatable bonds is 4. The lowest BCUT2D eigenvalue weighted by Crippen LogP contribution is -2.47. The van der Waals surface area contributed by atoms with Gasteiger partial charge in [-0.05, 0) is 24.5 Å². The molecule has 1 aliphatic carbocycles. The molecular formula is C18H23N3O2. The van der Waals surface area contributed by atoms with Gasteiger partial charge in [0.25, 0.3) is 0 Å². The molecule has 1 heterocycles. The van der Waals surface area contributed by atoms with E-state index in [1.807, 2.05) is 30.3 Å². The predicted octanol–water partition coefficient (Wildman–Crippen LogP) is 2.59. The van der Waals surface area contributed by atoms with Crippen molar-refractivity contribution in [2.24, 2.45) is 5.92 Å². The Labute approximate surface area is 136 Å². The monoisotopic (exact) mass is 313 g/mol. The fraction of sp³-hybridized carbons (Fsp3) is 0.444. The number of pyridine rings is 1. The van der Waals surface area contributed by atoms with Crippen molar-refractivity contribution < 1.29 is 9.90 Å². The van der Waals surface area contributed by atoms with Crippen molar-refractivity contribution in [3.63, 3.8) is 0 Å². The van der Waals surface area contributed by atoms with E-state index in [1.165, 1.54) is 0 Å². The number of nitrogens with zero attached hydrogens (tertiary/aromatic N) is 1. The number of urea groups is 1. The molecule has 3 N–H and O–H groups in total. The Hall–Kier alpha value is -2.14. The van der Waals surface area contributed by atoms with Gasteiger partial charge in [0.15, 0.2) is 0 Å². The molecule has 0 aliphatic heterocycles. The fourth-order valence-electron chi connectivity index (χ4n) is 3.32. The number of nitrogens with one attached hydrogen (secondary N) is 2. The zero-order chi connectivity index (χ0) is 16.1. The standard InChI is InChI=1S/C18H23N3O2/c22-12-15-5-1-2-9-16(15)21-18(23)20-11-14-7-3-6-13-8-4-10-19-17(13)14/h3-4,6-8,10,15-16,22H,1-2,5,9,11-12H2,(H2,20,21,23). The van der Waals surface area contributed by atoms with Gasteiger partial charge in [-0.2, -0.15) is 0 Å². The summed E-state index contributed by atoms with van der Waals surface area (Å²) in [6.45, 7) is 0.578. The largest absolute Gasteiger partial charge is 0.396 e. The SMILES string of the molecule is O=C(NCc1cccc2cccnc12)NC1CCCCC1CO. The van der Waals surface area contributed by atoms with Crippen LogP contribution in [0.1, 0.15) is 31.2 Å². The molecule has 5 nitrogen and oxygen atoms in total. The number of benzene rings is 1. The first-order chi connectivity index (χ1) is 11.3. The van der Waals surface area contributed by atoms with Gasteiger partial charge in [-0.3, -0.25) is 4.98 Å². The van der Waals surface area contributed by atoms with Crippen LogP contribution in [0.2, 0.25) is 0 Å². The van der Waals surface area contributed by atoms with E-state index in [1.54, 1.807) is 6.20 Å². The molecule has 2 aromatic rings. The van der Waals surface area contributed by atoms with E-state index in [0.717, 1.165) is 42.1 Å². The van der Waals surface area contributed by atoms with Crippen LogP contribution in [0.5, 0.6) is 0 Å². The molecule has 1 fully saturated rings. The number of fused-ring (bicyclic) bond motifs is 1. The van der Waals surface area contributed by atoms with Crippen LogP contribution < -0.4 is 10.6 Å². The summed E-state index contributed by atoms with van der Waals surface area (Å²) >= 11 is 0. The molecule has 2 atom stereocenters. The van der Waals surface area contributed by atoms with Crippen molar-refractivity contribution >= 4 is 16.9 Å². The molecule has 1 aliphatic rings. The normalized spacial score (nSPS) is 21.1. The lowest BCUT2D eigenvalue weighted by molar-refractivity contribution is 0.153. The number of para-hydroxylation sites is 1. The van der Waals surface area contributed by atoms with Crippen LogP contribution in [-0.2, 0) is 6.54 Å². The summed E-state index contributed by atoms with van der Waals surface area (Å²) in [7, 11) is 0. The molecule has 0 saturated heterocycles. The third-order valence-corrected chi connectivity index (χ3v) is 4.62. The summed E-state index contributed by atoms with van der Waals surface area (Å²) in [5.74, 6) is 0.175. The van der Waals surface area contributed by atoms with Crippen molar-refractivity contribution in [2.75, 3.05) is 6.61 Å². The molecule has 1 aromatic heterocycles.